The molecule has 1 rings (SSSR count). The van der Waals surface area contributed by atoms with Crippen molar-refractivity contribution < 1.29 is 56.8 Å². The third-order valence-corrected chi connectivity index (χ3v) is 9.36. The third-order valence-electron chi connectivity index (χ3n) is 8.61. The molecule has 0 bridgehead atoms. The van der Waals surface area contributed by atoms with Crippen LogP contribution in [0.1, 0.15) is 117 Å². The normalized spacial score (nSPS) is 21.6. The number of hydrogen-bond donors (Lipinski definition) is 4. The van der Waals surface area contributed by atoms with Gasteiger partial charge < -0.3 is 34.3 Å². The minimum Gasteiger partial charge on any atom is -0.462 e. The molecule has 318 valence electrons. The molecule has 4 N–H and O–H groups in total. The Morgan fingerprint density at radius 1 is 0.625 bits per heavy atom. The fourth-order valence-electron chi connectivity index (χ4n) is 5.46. The van der Waals surface area contributed by atoms with Gasteiger partial charge in [0, 0.05) is 12.8 Å². The van der Waals surface area contributed by atoms with E-state index in [1.807, 2.05) is 54.7 Å². The largest absolute Gasteiger partial charge is 0.462 e. The Labute approximate surface area is 335 Å². The van der Waals surface area contributed by atoms with Crippen LogP contribution < -0.4 is 0 Å². The Bertz CT molecular complexity index is 1360. The SMILES string of the molecule is CC/C=C/C=C/C=C/C=C/C=C/CCCC(=O)OC(COC(=O)CCCCCCCC/C=C/C=C/CCCCC)CO[C@H]1O[C@H](CS(=O)(=O)O)[C@@H](O)C(O)C1O. The molecule has 0 aromatic carbocycles. The summed E-state index contributed by atoms with van der Waals surface area (Å²) in [6.45, 7) is 3.47. The predicted octanol–water partition coefficient (Wildman–Crippen LogP) is 7.33. The standard InChI is InChI=1S/C43H68O12S/c1-3-5-7-9-11-13-15-17-18-20-21-23-25-27-29-31-38(44)52-33-36(34-53-43-42(48)41(47)40(46)37(55-43)35-56(49,50)51)54-39(45)32-30-28-26-24-22-19-16-14-12-10-8-6-4-2/h6,8,10-17,19,22,24,26,36-37,40-43,46-48H,3-5,7,9,18,20-21,23,25,27-35H2,1-2H3,(H,49,50,51)/b8-6+,12-10+,13-11+,16-14+,17-15+,22-19+,26-24+/t36?,37-,40-,41?,42?,43+/m1/s1. The van der Waals surface area contributed by atoms with Crippen molar-refractivity contribution in [2.24, 2.45) is 0 Å². The van der Waals surface area contributed by atoms with Crippen molar-refractivity contribution in [3.8, 4) is 0 Å². The highest BCUT2D eigenvalue weighted by Gasteiger charge is 2.46. The zero-order valence-electron chi connectivity index (χ0n) is 33.4. The van der Waals surface area contributed by atoms with Gasteiger partial charge in [0.15, 0.2) is 12.4 Å². The lowest BCUT2D eigenvalue weighted by atomic mass is 10.00. The quantitative estimate of drug-likeness (QED) is 0.0237. The van der Waals surface area contributed by atoms with Gasteiger partial charge in [-0.2, -0.15) is 8.42 Å². The van der Waals surface area contributed by atoms with E-state index in [1.54, 1.807) is 0 Å². The van der Waals surface area contributed by atoms with Gasteiger partial charge in [-0.25, -0.2) is 0 Å². The van der Waals surface area contributed by atoms with Gasteiger partial charge in [0.1, 0.15) is 36.8 Å². The minimum atomic E-state index is -4.61. The van der Waals surface area contributed by atoms with Crippen molar-refractivity contribution in [2.45, 2.75) is 153 Å². The zero-order valence-corrected chi connectivity index (χ0v) is 34.3. The molecular weight excluding hydrogens is 741 g/mol. The average molecular weight is 809 g/mol. The Morgan fingerprint density at radius 3 is 1.75 bits per heavy atom. The van der Waals surface area contributed by atoms with Crippen LogP contribution in [-0.4, -0.2) is 96.0 Å². The highest BCUT2D eigenvalue weighted by molar-refractivity contribution is 7.85. The number of rotatable bonds is 31. The number of aliphatic hydroxyl groups is 3. The van der Waals surface area contributed by atoms with E-state index < -0.39 is 71.2 Å². The molecule has 0 amide bonds. The van der Waals surface area contributed by atoms with Crippen LogP contribution in [0.3, 0.4) is 0 Å². The van der Waals surface area contributed by atoms with E-state index in [0.29, 0.717) is 19.3 Å². The maximum absolute atomic E-state index is 12.7. The van der Waals surface area contributed by atoms with Gasteiger partial charge in [-0.1, -0.05) is 137 Å². The van der Waals surface area contributed by atoms with Crippen LogP contribution in [0.15, 0.2) is 85.1 Å². The zero-order chi connectivity index (χ0) is 41.3. The van der Waals surface area contributed by atoms with E-state index in [1.165, 1.54) is 19.3 Å². The molecule has 0 aromatic rings. The summed E-state index contributed by atoms with van der Waals surface area (Å²) in [7, 11) is -4.61. The number of aliphatic hydroxyl groups excluding tert-OH is 3. The van der Waals surface area contributed by atoms with Crippen molar-refractivity contribution >= 4 is 22.1 Å². The average Bonchev–Trinajstić information content (AvgIpc) is 3.16. The lowest BCUT2D eigenvalue weighted by Gasteiger charge is -2.40. The number of esters is 2. The van der Waals surface area contributed by atoms with Crippen LogP contribution in [0.4, 0.5) is 0 Å². The fraction of sp³-hybridized carbons (Fsp3) is 0.628. The number of carbonyl (C=O) groups excluding carboxylic acids is 2. The maximum Gasteiger partial charge on any atom is 0.306 e. The second kappa shape index (κ2) is 32.9. The first-order valence-electron chi connectivity index (χ1n) is 20.2. The predicted molar refractivity (Wildman–Crippen MR) is 219 cm³/mol. The van der Waals surface area contributed by atoms with E-state index in [2.05, 4.69) is 44.2 Å². The molecule has 0 saturated carbocycles. The molecular formula is C43H68O12S. The topological polar surface area (TPSA) is 186 Å². The Hall–Kier alpha value is -3.17. The lowest BCUT2D eigenvalue weighted by molar-refractivity contribution is -0.297. The van der Waals surface area contributed by atoms with Crippen LogP contribution in [0, 0.1) is 0 Å². The molecule has 1 fully saturated rings. The first-order chi connectivity index (χ1) is 27.0. The number of allylic oxidation sites excluding steroid dienone is 14. The molecule has 1 heterocycles. The highest BCUT2D eigenvalue weighted by atomic mass is 32.2. The van der Waals surface area contributed by atoms with E-state index in [0.717, 1.165) is 51.4 Å². The van der Waals surface area contributed by atoms with Crippen LogP contribution in [0.5, 0.6) is 0 Å². The summed E-state index contributed by atoms with van der Waals surface area (Å²) >= 11 is 0. The number of ether oxygens (including phenoxy) is 4. The number of unbranched alkanes of at least 4 members (excludes halogenated alkanes) is 10. The summed E-state index contributed by atoms with van der Waals surface area (Å²) in [6, 6.07) is 0. The van der Waals surface area contributed by atoms with Gasteiger partial charge in [0.05, 0.1) is 6.61 Å². The molecule has 0 aliphatic carbocycles. The van der Waals surface area contributed by atoms with Gasteiger partial charge in [0.2, 0.25) is 0 Å². The number of hydrogen-bond acceptors (Lipinski definition) is 11. The van der Waals surface area contributed by atoms with Gasteiger partial charge in [-0.15, -0.1) is 0 Å². The molecule has 1 aliphatic rings. The second-order valence-electron chi connectivity index (χ2n) is 13.7. The Balaban J connectivity index is 2.57. The van der Waals surface area contributed by atoms with Crippen LogP contribution >= 0.6 is 0 Å². The molecule has 1 saturated heterocycles. The molecule has 0 aromatic heterocycles. The lowest BCUT2D eigenvalue weighted by Crippen LogP contribution is -2.60. The molecule has 0 spiro atoms. The third kappa shape index (κ3) is 27.4. The number of carbonyl (C=O) groups is 2. The molecule has 0 radical (unpaired) electrons. The van der Waals surface area contributed by atoms with E-state index in [4.69, 9.17) is 18.9 Å². The molecule has 12 nitrogen and oxygen atoms in total. The van der Waals surface area contributed by atoms with Crippen molar-refractivity contribution in [2.75, 3.05) is 19.0 Å². The van der Waals surface area contributed by atoms with Crippen molar-refractivity contribution in [1.29, 1.82) is 0 Å². The summed E-state index contributed by atoms with van der Waals surface area (Å²) in [5.74, 6) is -2.11. The van der Waals surface area contributed by atoms with Crippen molar-refractivity contribution in [3.05, 3.63) is 85.1 Å². The molecule has 13 heteroatoms. The second-order valence-corrected chi connectivity index (χ2v) is 15.2. The van der Waals surface area contributed by atoms with Gasteiger partial charge in [-0.05, 0) is 51.4 Å². The van der Waals surface area contributed by atoms with E-state index in [-0.39, 0.29) is 19.4 Å². The Kier molecular flexibility index (Phi) is 29.8. The summed E-state index contributed by atoms with van der Waals surface area (Å²) in [5.41, 5.74) is 0. The summed E-state index contributed by atoms with van der Waals surface area (Å²) < 4.78 is 53.8. The van der Waals surface area contributed by atoms with Crippen LogP contribution in [0.25, 0.3) is 0 Å². The fourth-order valence-corrected chi connectivity index (χ4v) is 6.15. The molecule has 3 unspecified atom stereocenters. The summed E-state index contributed by atoms with van der Waals surface area (Å²) in [4.78, 5) is 25.3. The van der Waals surface area contributed by atoms with Gasteiger partial charge >= 0.3 is 11.9 Å². The van der Waals surface area contributed by atoms with E-state index >= 15 is 0 Å². The highest BCUT2D eigenvalue weighted by Crippen LogP contribution is 2.23. The van der Waals surface area contributed by atoms with Crippen LogP contribution in [-0.2, 0) is 38.7 Å². The molecule has 6 atom stereocenters. The van der Waals surface area contributed by atoms with Gasteiger partial charge in [0.25, 0.3) is 10.1 Å². The summed E-state index contributed by atoms with van der Waals surface area (Å²) in [5, 5.41) is 30.8. The van der Waals surface area contributed by atoms with Gasteiger partial charge in [-0.3, -0.25) is 14.1 Å². The Morgan fingerprint density at radius 2 is 1.14 bits per heavy atom. The van der Waals surface area contributed by atoms with Crippen LogP contribution in [0.2, 0.25) is 0 Å². The maximum atomic E-state index is 12.7. The van der Waals surface area contributed by atoms with E-state index in [9.17, 15) is 37.9 Å². The first-order valence-corrected chi connectivity index (χ1v) is 21.8. The summed E-state index contributed by atoms with van der Waals surface area (Å²) in [6.07, 6.45) is 32.2. The molecule has 1 aliphatic heterocycles. The first kappa shape index (κ1) is 50.8. The minimum absolute atomic E-state index is 0.0603. The monoisotopic (exact) mass is 808 g/mol. The smallest absolute Gasteiger partial charge is 0.306 e. The molecule has 56 heavy (non-hydrogen) atoms. The van der Waals surface area contributed by atoms with Crippen molar-refractivity contribution in [3.63, 3.8) is 0 Å². The van der Waals surface area contributed by atoms with Crippen molar-refractivity contribution in [1.82, 2.24) is 0 Å².